The molecule has 0 aromatic carbocycles. The average Bonchev–Trinajstić information content (AvgIpc) is 3.18. The normalized spacial score (nSPS) is 19.1. The summed E-state index contributed by atoms with van der Waals surface area (Å²) in [5.41, 5.74) is 0. The van der Waals surface area contributed by atoms with Crippen LogP contribution in [0, 0.1) is 5.92 Å². The highest BCUT2D eigenvalue weighted by Gasteiger charge is 2.33. The molecule has 3 nitrogen and oxygen atoms in total. The van der Waals surface area contributed by atoms with Gasteiger partial charge in [0.15, 0.2) is 0 Å². The molecule has 2 unspecified atom stereocenters. The lowest BCUT2D eigenvalue weighted by Crippen LogP contribution is -2.43. The van der Waals surface area contributed by atoms with Crippen molar-refractivity contribution >= 4 is 0 Å². The number of methoxy groups -OCH3 is 1. The van der Waals surface area contributed by atoms with Gasteiger partial charge in [0, 0.05) is 31.8 Å². The fourth-order valence-electron chi connectivity index (χ4n) is 2.83. The molecule has 3 heteroatoms. The largest absolute Gasteiger partial charge is 0.383 e. The second-order valence-corrected chi connectivity index (χ2v) is 6.41. The maximum Gasteiger partial charge on any atom is 0.0589 e. The summed E-state index contributed by atoms with van der Waals surface area (Å²) < 4.78 is 5.28. The quantitative estimate of drug-likeness (QED) is 0.584. The molecule has 1 saturated carbocycles. The van der Waals surface area contributed by atoms with Crippen molar-refractivity contribution in [1.82, 2.24) is 10.2 Å². The Balaban J connectivity index is 2.30. The third kappa shape index (κ3) is 6.73. The van der Waals surface area contributed by atoms with E-state index in [1.54, 1.807) is 7.11 Å². The van der Waals surface area contributed by atoms with Gasteiger partial charge in [-0.1, -0.05) is 13.8 Å². The molecule has 1 aliphatic carbocycles. The van der Waals surface area contributed by atoms with Crippen molar-refractivity contribution < 1.29 is 4.74 Å². The van der Waals surface area contributed by atoms with E-state index >= 15 is 0 Å². The van der Waals surface area contributed by atoms with Crippen LogP contribution in [0.1, 0.15) is 53.4 Å². The fourth-order valence-corrected chi connectivity index (χ4v) is 2.83. The van der Waals surface area contributed by atoms with Crippen molar-refractivity contribution in [3.63, 3.8) is 0 Å². The van der Waals surface area contributed by atoms with Crippen molar-refractivity contribution in [2.24, 2.45) is 5.92 Å². The van der Waals surface area contributed by atoms with Crippen LogP contribution >= 0.6 is 0 Å². The van der Waals surface area contributed by atoms with E-state index in [1.807, 2.05) is 0 Å². The maximum absolute atomic E-state index is 5.28. The number of nitrogens with zero attached hydrogens (tertiary/aromatic N) is 1. The molecule has 0 aromatic heterocycles. The molecule has 0 spiro atoms. The summed E-state index contributed by atoms with van der Waals surface area (Å²) in [4.78, 5) is 2.66. The molecule has 2 atom stereocenters. The summed E-state index contributed by atoms with van der Waals surface area (Å²) in [7, 11) is 1.80. The Hall–Kier alpha value is -0.120. The van der Waals surface area contributed by atoms with Crippen LogP contribution in [0.15, 0.2) is 0 Å². The minimum absolute atomic E-state index is 0.602. The summed E-state index contributed by atoms with van der Waals surface area (Å²) in [6, 6.07) is 1.99. The van der Waals surface area contributed by atoms with Crippen molar-refractivity contribution in [2.45, 2.75) is 71.5 Å². The van der Waals surface area contributed by atoms with Gasteiger partial charge in [-0.15, -0.1) is 0 Å². The van der Waals surface area contributed by atoms with Crippen molar-refractivity contribution in [3.05, 3.63) is 0 Å². The molecule has 1 N–H and O–H groups in total. The first-order valence-corrected chi connectivity index (χ1v) is 8.04. The second kappa shape index (κ2) is 8.93. The summed E-state index contributed by atoms with van der Waals surface area (Å²) in [6.45, 7) is 12.3. The van der Waals surface area contributed by atoms with Gasteiger partial charge in [-0.3, -0.25) is 4.90 Å². The Kier molecular flexibility index (Phi) is 7.96. The molecule has 114 valence electrons. The molecule has 1 fully saturated rings. The van der Waals surface area contributed by atoms with Gasteiger partial charge in [-0.2, -0.15) is 0 Å². The van der Waals surface area contributed by atoms with Crippen molar-refractivity contribution in [3.8, 4) is 0 Å². The van der Waals surface area contributed by atoms with E-state index in [-0.39, 0.29) is 0 Å². The molecule has 0 heterocycles. The predicted octanol–water partition coefficient (Wildman–Crippen LogP) is 2.90. The molecule has 0 aromatic rings. The van der Waals surface area contributed by atoms with Crippen molar-refractivity contribution in [1.29, 1.82) is 0 Å². The van der Waals surface area contributed by atoms with Gasteiger partial charge in [0.1, 0.15) is 0 Å². The van der Waals surface area contributed by atoms with Gasteiger partial charge in [-0.25, -0.2) is 0 Å². The molecule has 0 saturated heterocycles. The van der Waals surface area contributed by atoms with Crippen molar-refractivity contribution in [2.75, 3.05) is 26.8 Å². The zero-order valence-electron chi connectivity index (χ0n) is 13.6. The average molecular weight is 270 g/mol. The molecule has 0 aliphatic heterocycles. The first-order valence-electron chi connectivity index (χ1n) is 8.04. The summed E-state index contributed by atoms with van der Waals surface area (Å²) >= 11 is 0. The SMILES string of the molecule is COCCN(C(C)CCCNC(C)C)C(C)C1CC1. The highest BCUT2D eigenvalue weighted by molar-refractivity contribution is 4.87. The Labute approximate surface area is 120 Å². The van der Waals surface area contributed by atoms with E-state index < -0.39 is 0 Å². The van der Waals surface area contributed by atoms with Crippen LogP contribution in [-0.4, -0.2) is 49.8 Å². The lowest BCUT2D eigenvalue weighted by molar-refractivity contribution is 0.0832. The Morgan fingerprint density at radius 3 is 2.42 bits per heavy atom. The fraction of sp³-hybridized carbons (Fsp3) is 1.00. The van der Waals surface area contributed by atoms with Crippen LogP contribution in [0.3, 0.4) is 0 Å². The first-order chi connectivity index (χ1) is 9.06. The van der Waals surface area contributed by atoms with Crippen LogP contribution in [0.25, 0.3) is 0 Å². The Bertz CT molecular complexity index is 229. The number of hydrogen-bond acceptors (Lipinski definition) is 3. The number of nitrogens with one attached hydrogen (secondary N) is 1. The van der Waals surface area contributed by atoms with Crippen LogP contribution in [0.5, 0.6) is 0 Å². The van der Waals surface area contributed by atoms with Gasteiger partial charge in [-0.05, 0) is 52.0 Å². The van der Waals surface area contributed by atoms with E-state index in [4.69, 9.17) is 4.74 Å². The van der Waals surface area contributed by atoms with E-state index in [0.717, 1.165) is 31.7 Å². The maximum atomic E-state index is 5.28. The predicted molar refractivity (Wildman–Crippen MR) is 82.6 cm³/mol. The lowest BCUT2D eigenvalue weighted by atomic mass is 10.1. The molecule has 19 heavy (non-hydrogen) atoms. The number of rotatable bonds is 11. The molecule has 1 rings (SSSR count). The smallest absolute Gasteiger partial charge is 0.0589 e. The van der Waals surface area contributed by atoms with Gasteiger partial charge < -0.3 is 10.1 Å². The molecule has 0 bridgehead atoms. The van der Waals surface area contributed by atoms with E-state index in [2.05, 4.69) is 37.9 Å². The molecule has 1 aliphatic rings. The third-order valence-electron chi connectivity index (χ3n) is 4.30. The van der Waals surface area contributed by atoms with E-state index in [1.165, 1.54) is 25.7 Å². The standard InChI is InChI=1S/C16H34N2O/c1-13(2)17-10-6-7-14(3)18(11-12-19-5)15(4)16-8-9-16/h13-17H,6-12H2,1-5H3. The molecule has 0 radical (unpaired) electrons. The van der Waals surface area contributed by atoms with Gasteiger partial charge in [0.25, 0.3) is 0 Å². The number of hydrogen-bond donors (Lipinski definition) is 1. The highest BCUT2D eigenvalue weighted by atomic mass is 16.5. The highest BCUT2D eigenvalue weighted by Crippen LogP contribution is 2.36. The molecular weight excluding hydrogens is 236 g/mol. The van der Waals surface area contributed by atoms with Crippen LogP contribution in [-0.2, 0) is 4.74 Å². The van der Waals surface area contributed by atoms with E-state index in [9.17, 15) is 0 Å². The Morgan fingerprint density at radius 1 is 1.21 bits per heavy atom. The number of ether oxygens (including phenoxy) is 1. The minimum Gasteiger partial charge on any atom is -0.383 e. The van der Waals surface area contributed by atoms with Crippen LogP contribution in [0.2, 0.25) is 0 Å². The van der Waals surface area contributed by atoms with Crippen LogP contribution in [0.4, 0.5) is 0 Å². The monoisotopic (exact) mass is 270 g/mol. The summed E-state index contributed by atoms with van der Waals surface area (Å²) in [6.07, 6.45) is 5.39. The topological polar surface area (TPSA) is 24.5 Å². The second-order valence-electron chi connectivity index (χ2n) is 6.41. The van der Waals surface area contributed by atoms with Gasteiger partial charge in [0.05, 0.1) is 6.61 Å². The van der Waals surface area contributed by atoms with Gasteiger partial charge >= 0.3 is 0 Å². The molecule has 0 amide bonds. The lowest BCUT2D eigenvalue weighted by Gasteiger charge is -2.35. The van der Waals surface area contributed by atoms with Gasteiger partial charge in [0.2, 0.25) is 0 Å². The molecular formula is C16H34N2O. The summed E-state index contributed by atoms with van der Waals surface area (Å²) in [5.74, 6) is 0.938. The third-order valence-corrected chi connectivity index (χ3v) is 4.30. The zero-order chi connectivity index (χ0) is 14.3. The zero-order valence-corrected chi connectivity index (χ0v) is 13.6. The van der Waals surface area contributed by atoms with Crippen LogP contribution < -0.4 is 5.32 Å². The van der Waals surface area contributed by atoms with E-state index in [0.29, 0.717) is 12.1 Å². The first kappa shape index (κ1) is 16.9. The Morgan fingerprint density at radius 2 is 1.89 bits per heavy atom. The summed E-state index contributed by atoms with van der Waals surface area (Å²) in [5, 5.41) is 3.50. The minimum atomic E-state index is 0.602.